The lowest BCUT2D eigenvalue weighted by molar-refractivity contribution is 0.00578. The van der Waals surface area contributed by atoms with Gasteiger partial charge in [0.2, 0.25) is 0 Å². The van der Waals surface area contributed by atoms with Crippen molar-refractivity contribution >= 4 is 36.4 Å². The minimum Gasteiger partial charge on any atom is -0.398 e. The van der Waals surface area contributed by atoms with Crippen molar-refractivity contribution in [2.45, 2.75) is 38.9 Å². The molecule has 1 aromatic rings. The van der Waals surface area contributed by atoms with Crippen molar-refractivity contribution in [1.29, 1.82) is 0 Å². The first-order chi connectivity index (χ1) is 9.10. The Balaban J connectivity index is 2.24. The maximum atomic E-state index is 14.3. The van der Waals surface area contributed by atoms with Gasteiger partial charge in [0.15, 0.2) is 0 Å². The molecule has 0 saturated carbocycles. The monoisotopic (exact) mass is 316 g/mol. The Morgan fingerprint density at radius 2 is 1.50 bits per heavy atom. The fourth-order valence-electron chi connectivity index (χ4n) is 1.84. The van der Waals surface area contributed by atoms with Gasteiger partial charge in [-0.15, -0.1) is 0 Å². The molecule has 0 aliphatic carbocycles. The molecule has 2 nitrogen and oxygen atoms in total. The molecule has 0 spiro atoms. The molecule has 1 aromatic carbocycles. The summed E-state index contributed by atoms with van der Waals surface area (Å²) in [7, 11) is -1.02. The van der Waals surface area contributed by atoms with Crippen molar-refractivity contribution in [3.05, 3.63) is 39.5 Å². The number of rotatable bonds is 2. The largest absolute Gasteiger partial charge is 0.525 e. The minimum atomic E-state index is -1.02. The standard InChI is InChI=1S/C14H16BCl2FO2/c1-13(2)14(3,4)20-15(19-13)12(18)7-9-5-10(16)8-11(17)6-9/h5-8H,1-4H3. The van der Waals surface area contributed by atoms with Gasteiger partial charge in [-0.1, -0.05) is 23.2 Å². The van der Waals surface area contributed by atoms with Crippen LogP contribution in [-0.4, -0.2) is 18.3 Å². The Bertz CT molecular complexity index is 522. The average molecular weight is 317 g/mol. The van der Waals surface area contributed by atoms with E-state index in [9.17, 15) is 4.39 Å². The first-order valence-corrected chi connectivity index (χ1v) is 7.05. The van der Waals surface area contributed by atoms with Crippen LogP contribution >= 0.6 is 23.2 Å². The molecule has 1 aliphatic heterocycles. The van der Waals surface area contributed by atoms with E-state index >= 15 is 0 Å². The molecule has 1 heterocycles. The third-order valence-corrected chi connectivity index (χ3v) is 4.10. The van der Waals surface area contributed by atoms with E-state index in [-0.39, 0.29) is 0 Å². The number of halogens is 3. The van der Waals surface area contributed by atoms with E-state index in [1.807, 2.05) is 27.7 Å². The van der Waals surface area contributed by atoms with Crippen molar-refractivity contribution in [3.63, 3.8) is 0 Å². The molecular formula is C14H16BCl2FO2. The van der Waals surface area contributed by atoms with Crippen LogP contribution in [-0.2, 0) is 9.31 Å². The van der Waals surface area contributed by atoms with Gasteiger partial charge in [-0.25, -0.2) is 4.39 Å². The predicted molar refractivity (Wildman–Crippen MR) is 81.6 cm³/mol. The lowest BCUT2D eigenvalue weighted by Crippen LogP contribution is -2.41. The van der Waals surface area contributed by atoms with E-state index in [4.69, 9.17) is 32.5 Å². The van der Waals surface area contributed by atoms with Crippen LogP contribution in [0, 0.1) is 0 Å². The molecular weight excluding hydrogens is 301 g/mol. The van der Waals surface area contributed by atoms with Crippen LogP contribution in [0.25, 0.3) is 6.08 Å². The fourth-order valence-corrected chi connectivity index (χ4v) is 2.38. The van der Waals surface area contributed by atoms with Crippen LogP contribution in [0.2, 0.25) is 10.0 Å². The molecule has 0 bridgehead atoms. The van der Waals surface area contributed by atoms with Crippen molar-refractivity contribution in [1.82, 2.24) is 0 Å². The zero-order valence-corrected chi connectivity index (χ0v) is 13.3. The zero-order valence-electron chi connectivity index (χ0n) is 11.8. The summed E-state index contributed by atoms with van der Waals surface area (Å²) >= 11 is 11.8. The molecule has 20 heavy (non-hydrogen) atoms. The van der Waals surface area contributed by atoms with Gasteiger partial charge in [0.1, 0.15) is 5.73 Å². The van der Waals surface area contributed by atoms with Crippen molar-refractivity contribution in [2.75, 3.05) is 0 Å². The second-order valence-electron chi connectivity index (χ2n) is 5.82. The van der Waals surface area contributed by atoms with Crippen LogP contribution in [0.4, 0.5) is 4.39 Å². The summed E-state index contributed by atoms with van der Waals surface area (Å²) < 4.78 is 25.5. The summed E-state index contributed by atoms with van der Waals surface area (Å²) in [6, 6.07) is 4.84. The molecule has 1 fully saturated rings. The van der Waals surface area contributed by atoms with Crippen LogP contribution in [0.15, 0.2) is 23.9 Å². The molecule has 0 unspecified atom stereocenters. The molecule has 0 aromatic heterocycles. The van der Waals surface area contributed by atoms with Gasteiger partial charge < -0.3 is 9.31 Å². The Hall–Kier alpha value is -0.545. The SMILES string of the molecule is CC1(C)OB(C(F)=Cc2cc(Cl)cc(Cl)c2)OC1(C)C. The van der Waals surface area contributed by atoms with Crippen molar-refractivity contribution < 1.29 is 13.7 Å². The van der Waals surface area contributed by atoms with Crippen molar-refractivity contribution in [2.24, 2.45) is 0 Å². The van der Waals surface area contributed by atoms with Gasteiger partial charge in [0.05, 0.1) is 11.2 Å². The van der Waals surface area contributed by atoms with E-state index in [2.05, 4.69) is 0 Å². The first kappa shape index (κ1) is 15.8. The van der Waals surface area contributed by atoms with Crippen LogP contribution in [0.1, 0.15) is 33.3 Å². The second kappa shape index (κ2) is 5.34. The molecule has 0 N–H and O–H groups in total. The van der Waals surface area contributed by atoms with Gasteiger partial charge in [-0.3, -0.25) is 0 Å². The minimum absolute atomic E-state index is 0.450. The smallest absolute Gasteiger partial charge is 0.398 e. The number of hydrogen-bond donors (Lipinski definition) is 0. The van der Waals surface area contributed by atoms with Gasteiger partial charge in [-0.05, 0) is 57.5 Å². The Morgan fingerprint density at radius 1 is 1.05 bits per heavy atom. The van der Waals surface area contributed by atoms with Gasteiger partial charge >= 0.3 is 7.12 Å². The van der Waals surface area contributed by atoms with Gasteiger partial charge in [-0.2, -0.15) is 0 Å². The molecule has 0 amide bonds. The number of benzene rings is 1. The first-order valence-electron chi connectivity index (χ1n) is 6.29. The molecule has 0 radical (unpaired) electrons. The lowest BCUT2D eigenvalue weighted by Gasteiger charge is -2.32. The summed E-state index contributed by atoms with van der Waals surface area (Å²) in [5.74, 6) is 0. The number of hydrogen-bond acceptors (Lipinski definition) is 2. The zero-order chi connectivity index (χ0) is 15.1. The second-order valence-corrected chi connectivity index (χ2v) is 6.69. The Labute approximate surface area is 129 Å². The quantitative estimate of drug-likeness (QED) is 0.720. The highest BCUT2D eigenvalue weighted by molar-refractivity contribution is 6.54. The Morgan fingerprint density at radius 3 is 1.95 bits per heavy atom. The maximum absolute atomic E-state index is 14.3. The molecule has 2 rings (SSSR count). The third-order valence-electron chi connectivity index (χ3n) is 3.67. The van der Waals surface area contributed by atoms with E-state index in [0.717, 1.165) is 0 Å². The van der Waals surface area contributed by atoms with Crippen LogP contribution in [0.5, 0.6) is 0 Å². The predicted octanol–water partition coefficient (Wildman–Crippen LogP) is 4.94. The molecule has 6 heteroatoms. The highest BCUT2D eigenvalue weighted by Gasteiger charge is 2.53. The van der Waals surface area contributed by atoms with E-state index in [1.54, 1.807) is 18.2 Å². The van der Waals surface area contributed by atoms with Crippen LogP contribution < -0.4 is 0 Å². The normalized spacial score (nSPS) is 21.4. The summed E-state index contributed by atoms with van der Waals surface area (Å²) in [4.78, 5) is 0. The Kier molecular flexibility index (Phi) is 4.23. The van der Waals surface area contributed by atoms with Crippen molar-refractivity contribution in [3.8, 4) is 0 Å². The van der Waals surface area contributed by atoms with E-state index in [0.29, 0.717) is 15.6 Å². The average Bonchev–Trinajstić information content (AvgIpc) is 2.46. The third kappa shape index (κ3) is 3.20. The van der Waals surface area contributed by atoms with Crippen LogP contribution in [0.3, 0.4) is 0 Å². The van der Waals surface area contributed by atoms with E-state index < -0.39 is 24.0 Å². The summed E-state index contributed by atoms with van der Waals surface area (Å²) in [5, 5.41) is 0.899. The lowest BCUT2D eigenvalue weighted by atomic mass is 9.87. The fraction of sp³-hybridized carbons (Fsp3) is 0.429. The van der Waals surface area contributed by atoms with Gasteiger partial charge in [0.25, 0.3) is 0 Å². The molecule has 1 aliphatic rings. The summed E-state index contributed by atoms with van der Waals surface area (Å²) in [6.45, 7) is 7.49. The summed E-state index contributed by atoms with van der Waals surface area (Å²) in [6.07, 6.45) is 1.32. The summed E-state index contributed by atoms with van der Waals surface area (Å²) in [5.41, 5.74) is -1.10. The van der Waals surface area contributed by atoms with E-state index in [1.165, 1.54) is 6.08 Å². The highest BCUT2D eigenvalue weighted by atomic mass is 35.5. The maximum Gasteiger partial charge on any atom is 0.525 e. The topological polar surface area (TPSA) is 18.5 Å². The highest BCUT2D eigenvalue weighted by Crippen LogP contribution is 2.39. The molecule has 1 saturated heterocycles. The molecule has 108 valence electrons. The van der Waals surface area contributed by atoms with Gasteiger partial charge in [0, 0.05) is 10.0 Å². The molecule has 0 atom stereocenters.